The highest BCUT2D eigenvalue weighted by atomic mass is 28.4. The average Bonchev–Trinajstić information content (AvgIpc) is 2.92. The van der Waals surface area contributed by atoms with Gasteiger partial charge in [-0.3, -0.25) is 0 Å². The predicted molar refractivity (Wildman–Crippen MR) is 95.0 cm³/mol. The standard InChI is InChI=1S/C18H32O5Si/c1-7-21-17(20)9-12-8-13-14(15(19)10-16(13)23-12)11-22-24(5,6)18(2,3)4/h9,13-16,19H,7-8,10-11H2,1-6H3/t13-,14-,15-,16?/m1/s1. The Morgan fingerprint density at radius 1 is 1.42 bits per heavy atom. The summed E-state index contributed by atoms with van der Waals surface area (Å²) in [5.41, 5.74) is 0. The topological polar surface area (TPSA) is 65.0 Å². The molecule has 6 heteroatoms. The summed E-state index contributed by atoms with van der Waals surface area (Å²) in [6, 6.07) is 0. The van der Waals surface area contributed by atoms with Crippen LogP contribution in [-0.2, 0) is 18.7 Å². The third kappa shape index (κ3) is 4.21. The Morgan fingerprint density at radius 2 is 2.08 bits per heavy atom. The van der Waals surface area contributed by atoms with Gasteiger partial charge < -0.3 is 19.0 Å². The van der Waals surface area contributed by atoms with Crippen LogP contribution in [-0.4, -0.2) is 44.8 Å². The largest absolute Gasteiger partial charge is 0.494 e. The molecule has 2 rings (SSSR count). The summed E-state index contributed by atoms with van der Waals surface area (Å²) >= 11 is 0. The Balaban J connectivity index is 1.99. The Morgan fingerprint density at radius 3 is 2.67 bits per heavy atom. The number of fused-ring (bicyclic) bond motifs is 1. The van der Waals surface area contributed by atoms with E-state index in [2.05, 4.69) is 33.9 Å². The third-order valence-corrected chi connectivity index (χ3v) is 10.2. The molecular weight excluding hydrogens is 324 g/mol. The van der Waals surface area contributed by atoms with Crippen LogP contribution in [0.1, 0.15) is 40.5 Å². The number of aliphatic hydroxyl groups is 1. The van der Waals surface area contributed by atoms with E-state index < -0.39 is 14.4 Å². The molecule has 138 valence electrons. The quantitative estimate of drug-likeness (QED) is 0.465. The summed E-state index contributed by atoms with van der Waals surface area (Å²) < 4.78 is 17.1. The van der Waals surface area contributed by atoms with Crippen LogP contribution in [0.4, 0.5) is 0 Å². The van der Waals surface area contributed by atoms with E-state index in [1.54, 1.807) is 6.92 Å². The molecule has 1 saturated heterocycles. The second kappa shape index (κ2) is 7.18. The fraction of sp³-hybridized carbons (Fsp3) is 0.833. The van der Waals surface area contributed by atoms with Gasteiger partial charge in [-0.1, -0.05) is 20.8 Å². The molecule has 1 aliphatic heterocycles. The van der Waals surface area contributed by atoms with Gasteiger partial charge in [0.1, 0.15) is 11.9 Å². The van der Waals surface area contributed by atoms with Gasteiger partial charge in [0.2, 0.25) is 0 Å². The van der Waals surface area contributed by atoms with Crippen molar-refractivity contribution in [3.05, 3.63) is 11.8 Å². The van der Waals surface area contributed by atoms with Crippen LogP contribution in [0.25, 0.3) is 0 Å². The van der Waals surface area contributed by atoms with Gasteiger partial charge in [-0.2, -0.15) is 0 Å². The number of hydrogen-bond donors (Lipinski definition) is 1. The maximum atomic E-state index is 11.6. The van der Waals surface area contributed by atoms with Gasteiger partial charge in [-0.05, 0) is 25.1 Å². The maximum Gasteiger partial charge on any atom is 0.334 e. The summed E-state index contributed by atoms with van der Waals surface area (Å²) in [5.74, 6) is 0.595. The van der Waals surface area contributed by atoms with Gasteiger partial charge in [0.15, 0.2) is 8.32 Å². The lowest BCUT2D eigenvalue weighted by Crippen LogP contribution is -2.43. The Labute approximate surface area is 146 Å². The smallest absolute Gasteiger partial charge is 0.334 e. The van der Waals surface area contributed by atoms with Crippen LogP contribution in [0.3, 0.4) is 0 Å². The van der Waals surface area contributed by atoms with Crippen molar-refractivity contribution in [3.63, 3.8) is 0 Å². The van der Waals surface area contributed by atoms with Gasteiger partial charge >= 0.3 is 5.97 Å². The molecular formula is C18H32O5Si. The van der Waals surface area contributed by atoms with Crippen LogP contribution in [0.5, 0.6) is 0 Å². The minimum Gasteiger partial charge on any atom is -0.494 e. The van der Waals surface area contributed by atoms with Gasteiger partial charge in [0.05, 0.1) is 18.8 Å². The highest BCUT2D eigenvalue weighted by Crippen LogP contribution is 2.46. The molecule has 1 saturated carbocycles. The molecule has 2 aliphatic rings. The second-order valence-electron chi connectivity index (χ2n) is 8.43. The summed E-state index contributed by atoms with van der Waals surface area (Å²) in [6.45, 7) is 13.8. The van der Waals surface area contributed by atoms with Crippen LogP contribution in [0.2, 0.25) is 18.1 Å². The number of carbonyl (C=O) groups is 1. The molecule has 0 radical (unpaired) electrons. The van der Waals surface area contributed by atoms with Crippen molar-refractivity contribution in [2.24, 2.45) is 11.8 Å². The van der Waals surface area contributed by atoms with Crippen molar-refractivity contribution in [2.45, 2.75) is 70.9 Å². The molecule has 0 aromatic carbocycles. The van der Waals surface area contributed by atoms with Gasteiger partial charge in [-0.25, -0.2) is 4.79 Å². The van der Waals surface area contributed by atoms with E-state index in [1.165, 1.54) is 6.08 Å². The number of aliphatic hydroxyl groups excluding tert-OH is 1. The molecule has 0 amide bonds. The minimum absolute atomic E-state index is 0.0197. The fourth-order valence-corrected chi connectivity index (χ4v) is 4.25. The first-order valence-corrected chi connectivity index (χ1v) is 11.8. The third-order valence-electron chi connectivity index (χ3n) is 5.74. The van der Waals surface area contributed by atoms with Crippen molar-refractivity contribution in [3.8, 4) is 0 Å². The lowest BCUT2D eigenvalue weighted by Gasteiger charge is -2.37. The van der Waals surface area contributed by atoms with E-state index in [0.717, 1.165) is 0 Å². The molecule has 0 aromatic heterocycles. The number of hydrogen-bond acceptors (Lipinski definition) is 5. The normalized spacial score (nSPS) is 31.9. The number of allylic oxidation sites excluding steroid dienone is 1. The molecule has 1 aliphatic carbocycles. The summed E-state index contributed by atoms with van der Waals surface area (Å²) in [6.07, 6.45) is 2.31. The van der Waals surface area contributed by atoms with E-state index in [4.69, 9.17) is 13.9 Å². The maximum absolute atomic E-state index is 11.6. The summed E-state index contributed by atoms with van der Waals surface area (Å²) in [4.78, 5) is 11.6. The van der Waals surface area contributed by atoms with Crippen LogP contribution in [0, 0.1) is 11.8 Å². The number of ether oxygens (including phenoxy) is 2. The summed E-state index contributed by atoms with van der Waals surface area (Å²) in [7, 11) is -1.84. The second-order valence-corrected chi connectivity index (χ2v) is 13.2. The molecule has 1 heterocycles. The Bertz CT molecular complexity index is 494. The van der Waals surface area contributed by atoms with E-state index >= 15 is 0 Å². The molecule has 0 spiro atoms. The van der Waals surface area contributed by atoms with Crippen LogP contribution >= 0.6 is 0 Å². The van der Waals surface area contributed by atoms with Crippen LogP contribution < -0.4 is 0 Å². The number of rotatable bonds is 5. The van der Waals surface area contributed by atoms with E-state index in [9.17, 15) is 9.90 Å². The molecule has 4 atom stereocenters. The van der Waals surface area contributed by atoms with Crippen molar-refractivity contribution in [2.75, 3.05) is 13.2 Å². The van der Waals surface area contributed by atoms with Gasteiger partial charge in [0, 0.05) is 31.3 Å². The van der Waals surface area contributed by atoms with E-state index in [0.29, 0.717) is 31.8 Å². The van der Waals surface area contributed by atoms with E-state index in [-0.39, 0.29) is 28.9 Å². The monoisotopic (exact) mass is 356 g/mol. The zero-order valence-corrected chi connectivity index (χ0v) is 16.8. The average molecular weight is 357 g/mol. The first kappa shape index (κ1) is 19.5. The lowest BCUT2D eigenvalue weighted by molar-refractivity contribution is -0.137. The molecule has 5 nitrogen and oxygen atoms in total. The molecule has 2 fully saturated rings. The van der Waals surface area contributed by atoms with Crippen molar-refractivity contribution < 1.29 is 23.8 Å². The number of esters is 1. The fourth-order valence-electron chi connectivity index (χ4n) is 3.21. The first-order valence-electron chi connectivity index (χ1n) is 8.91. The van der Waals surface area contributed by atoms with Crippen molar-refractivity contribution in [1.29, 1.82) is 0 Å². The molecule has 1 N–H and O–H groups in total. The molecule has 0 bridgehead atoms. The van der Waals surface area contributed by atoms with Crippen molar-refractivity contribution >= 4 is 14.3 Å². The first-order chi connectivity index (χ1) is 11.0. The minimum atomic E-state index is -1.84. The van der Waals surface area contributed by atoms with E-state index in [1.807, 2.05) is 0 Å². The molecule has 24 heavy (non-hydrogen) atoms. The van der Waals surface area contributed by atoms with Crippen molar-refractivity contribution in [1.82, 2.24) is 0 Å². The highest BCUT2D eigenvalue weighted by molar-refractivity contribution is 6.74. The molecule has 0 aromatic rings. The van der Waals surface area contributed by atoms with Crippen LogP contribution in [0.15, 0.2) is 11.8 Å². The zero-order chi connectivity index (χ0) is 18.1. The Kier molecular flexibility index (Phi) is 5.82. The number of carbonyl (C=O) groups excluding carboxylic acids is 1. The Hall–Kier alpha value is -0.853. The highest BCUT2D eigenvalue weighted by Gasteiger charge is 2.49. The lowest BCUT2D eigenvalue weighted by atomic mass is 9.92. The predicted octanol–water partition coefficient (Wildman–Crippen LogP) is 3.24. The van der Waals surface area contributed by atoms with Gasteiger partial charge in [-0.15, -0.1) is 0 Å². The molecule has 1 unspecified atom stereocenters. The zero-order valence-electron chi connectivity index (χ0n) is 15.8. The SMILES string of the molecule is CCOC(=O)C=C1C[C@H]2C(C[C@@H](O)[C@@H]2CO[Si](C)(C)C(C)(C)C)O1. The summed E-state index contributed by atoms with van der Waals surface area (Å²) in [5, 5.41) is 10.5. The van der Waals surface area contributed by atoms with Gasteiger partial charge in [0.25, 0.3) is 0 Å².